The standard InChI is InChI=1S/C15H20FNO2/c1-9-4-7-14(10(9)2)17-15(18)12-6-5-11(19-3)8-13(12)16/h5-6,8-10,14H,4,7H2,1-3H3,(H,17,18). The monoisotopic (exact) mass is 265 g/mol. The van der Waals surface area contributed by atoms with E-state index in [4.69, 9.17) is 4.74 Å². The fourth-order valence-electron chi connectivity index (χ4n) is 2.62. The topological polar surface area (TPSA) is 38.3 Å². The lowest BCUT2D eigenvalue weighted by molar-refractivity contribution is 0.0923. The molecule has 4 heteroatoms. The van der Waals surface area contributed by atoms with Crippen molar-refractivity contribution in [2.24, 2.45) is 11.8 Å². The predicted molar refractivity (Wildman–Crippen MR) is 71.8 cm³/mol. The summed E-state index contributed by atoms with van der Waals surface area (Å²) in [5, 5.41) is 2.93. The lowest BCUT2D eigenvalue weighted by Gasteiger charge is -2.19. The van der Waals surface area contributed by atoms with Crippen molar-refractivity contribution in [3.8, 4) is 5.75 Å². The first-order valence-electron chi connectivity index (χ1n) is 6.67. The number of amides is 1. The van der Waals surface area contributed by atoms with Crippen LogP contribution >= 0.6 is 0 Å². The Morgan fingerprint density at radius 2 is 2.11 bits per heavy atom. The molecule has 3 nitrogen and oxygen atoms in total. The van der Waals surface area contributed by atoms with E-state index in [9.17, 15) is 9.18 Å². The average Bonchev–Trinajstić information content (AvgIpc) is 2.70. The zero-order chi connectivity index (χ0) is 14.0. The Morgan fingerprint density at radius 3 is 2.63 bits per heavy atom. The van der Waals surface area contributed by atoms with E-state index in [1.807, 2.05) is 0 Å². The number of hydrogen-bond acceptors (Lipinski definition) is 2. The van der Waals surface area contributed by atoms with E-state index in [-0.39, 0.29) is 17.5 Å². The zero-order valence-electron chi connectivity index (χ0n) is 11.6. The minimum Gasteiger partial charge on any atom is -0.497 e. The van der Waals surface area contributed by atoms with Crippen molar-refractivity contribution < 1.29 is 13.9 Å². The first kappa shape index (κ1) is 13.8. The third-order valence-corrected chi connectivity index (χ3v) is 4.20. The largest absolute Gasteiger partial charge is 0.497 e. The van der Waals surface area contributed by atoms with Crippen LogP contribution in [0.25, 0.3) is 0 Å². The molecule has 19 heavy (non-hydrogen) atoms. The van der Waals surface area contributed by atoms with Crippen molar-refractivity contribution >= 4 is 5.91 Å². The van der Waals surface area contributed by atoms with Crippen molar-refractivity contribution in [1.29, 1.82) is 0 Å². The Bertz CT molecular complexity index is 475. The minimum absolute atomic E-state index is 0.0764. The van der Waals surface area contributed by atoms with Gasteiger partial charge in [-0.15, -0.1) is 0 Å². The molecule has 0 aliphatic heterocycles. The number of carbonyl (C=O) groups excluding carboxylic acids is 1. The van der Waals surface area contributed by atoms with Gasteiger partial charge in [0.2, 0.25) is 0 Å². The number of nitrogens with one attached hydrogen (secondary N) is 1. The molecule has 1 aromatic carbocycles. The maximum Gasteiger partial charge on any atom is 0.254 e. The Hall–Kier alpha value is -1.58. The number of halogens is 1. The Labute approximate surface area is 113 Å². The quantitative estimate of drug-likeness (QED) is 0.912. The summed E-state index contributed by atoms with van der Waals surface area (Å²) >= 11 is 0. The van der Waals surface area contributed by atoms with E-state index < -0.39 is 5.82 Å². The van der Waals surface area contributed by atoms with Gasteiger partial charge in [-0.05, 0) is 36.8 Å². The van der Waals surface area contributed by atoms with E-state index in [1.54, 1.807) is 6.07 Å². The average molecular weight is 265 g/mol. The fourth-order valence-corrected chi connectivity index (χ4v) is 2.62. The lowest BCUT2D eigenvalue weighted by Crippen LogP contribution is -2.37. The SMILES string of the molecule is COc1ccc(C(=O)NC2CCC(C)C2C)c(F)c1. The third-order valence-electron chi connectivity index (χ3n) is 4.20. The van der Waals surface area contributed by atoms with Gasteiger partial charge in [0.25, 0.3) is 5.91 Å². The molecule has 1 amide bonds. The van der Waals surface area contributed by atoms with Crippen molar-refractivity contribution in [3.05, 3.63) is 29.6 Å². The molecule has 1 N–H and O–H groups in total. The van der Waals surface area contributed by atoms with Gasteiger partial charge in [0.15, 0.2) is 0 Å². The van der Waals surface area contributed by atoms with E-state index in [0.717, 1.165) is 12.8 Å². The number of hydrogen-bond donors (Lipinski definition) is 1. The van der Waals surface area contributed by atoms with Crippen molar-refractivity contribution in [1.82, 2.24) is 5.32 Å². The van der Waals surface area contributed by atoms with Gasteiger partial charge in [-0.2, -0.15) is 0 Å². The maximum absolute atomic E-state index is 13.8. The molecule has 3 atom stereocenters. The highest BCUT2D eigenvalue weighted by Crippen LogP contribution is 2.31. The van der Waals surface area contributed by atoms with Crippen LogP contribution < -0.4 is 10.1 Å². The molecule has 0 spiro atoms. The van der Waals surface area contributed by atoms with Crippen LogP contribution in [0, 0.1) is 17.7 Å². The molecule has 1 aliphatic rings. The summed E-state index contributed by atoms with van der Waals surface area (Å²) in [6.07, 6.45) is 2.07. The number of rotatable bonds is 3. The van der Waals surface area contributed by atoms with E-state index >= 15 is 0 Å². The number of benzene rings is 1. The predicted octanol–water partition coefficient (Wildman–Crippen LogP) is 3.00. The second-order valence-corrected chi connectivity index (χ2v) is 5.34. The Balaban J connectivity index is 2.08. The molecule has 2 rings (SSSR count). The lowest BCUT2D eigenvalue weighted by atomic mass is 9.97. The molecule has 1 saturated carbocycles. The molecular weight excluding hydrogens is 245 g/mol. The third kappa shape index (κ3) is 2.88. The molecule has 1 fully saturated rings. The van der Waals surface area contributed by atoms with E-state index in [0.29, 0.717) is 17.6 Å². The Morgan fingerprint density at radius 1 is 1.37 bits per heavy atom. The van der Waals surface area contributed by atoms with Crippen LogP contribution in [0.3, 0.4) is 0 Å². The van der Waals surface area contributed by atoms with Gasteiger partial charge in [0.1, 0.15) is 11.6 Å². The van der Waals surface area contributed by atoms with Gasteiger partial charge in [-0.1, -0.05) is 13.8 Å². The van der Waals surface area contributed by atoms with Crippen LogP contribution in [-0.2, 0) is 0 Å². The van der Waals surface area contributed by atoms with E-state index in [2.05, 4.69) is 19.2 Å². The summed E-state index contributed by atoms with van der Waals surface area (Å²) in [4.78, 5) is 12.1. The molecule has 0 saturated heterocycles. The van der Waals surface area contributed by atoms with Gasteiger partial charge in [-0.3, -0.25) is 4.79 Å². The van der Waals surface area contributed by atoms with Gasteiger partial charge >= 0.3 is 0 Å². The summed E-state index contributed by atoms with van der Waals surface area (Å²) in [6.45, 7) is 4.32. The number of methoxy groups -OCH3 is 1. The molecule has 0 aromatic heterocycles. The molecule has 0 bridgehead atoms. The number of ether oxygens (including phenoxy) is 1. The Kier molecular flexibility index (Phi) is 4.08. The fraction of sp³-hybridized carbons (Fsp3) is 0.533. The second-order valence-electron chi connectivity index (χ2n) is 5.34. The van der Waals surface area contributed by atoms with Gasteiger partial charge in [0.05, 0.1) is 12.7 Å². The smallest absolute Gasteiger partial charge is 0.254 e. The van der Waals surface area contributed by atoms with Crippen molar-refractivity contribution in [3.63, 3.8) is 0 Å². The summed E-state index contributed by atoms with van der Waals surface area (Å²) < 4.78 is 18.7. The molecular formula is C15H20FNO2. The van der Waals surface area contributed by atoms with E-state index in [1.165, 1.54) is 19.2 Å². The first-order chi connectivity index (χ1) is 9.02. The van der Waals surface area contributed by atoms with Gasteiger partial charge in [0, 0.05) is 12.1 Å². The molecule has 1 aromatic rings. The van der Waals surface area contributed by atoms with Crippen LogP contribution in [0.2, 0.25) is 0 Å². The normalized spacial score (nSPS) is 26.2. The van der Waals surface area contributed by atoms with Crippen molar-refractivity contribution in [2.75, 3.05) is 7.11 Å². The van der Waals surface area contributed by atoms with Gasteiger partial charge in [-0.25, -0.2) is 4.39 Å². The minimum atomic E-state index is -0.546. The second kappa shape index (κ2) is 5.59. The first-order valence-corrected chi connectivity index (χ1v) is 6.67. The highest BCUT2D eigenvalue weighted by molar-refractivity contribution is 5.94. The van der Waals surface area contributed by atoms with Crippen LogP contribution in [0.4, 0.5) is 4.39 Å². The summed E-state index contributed by atoms with van der Waals surface area (Å²) in [5.41, 5.74) is 0.0764. The highest BCUT2D eigenvalue weighted by atomic mass is 19.1. The zero-order valence-corrected chi connectivity index (χ0v) is 11.6. The highest BCUT2D eigenvalue weighted by Gasteiger charge is 2.31. The molecule has 3 unspecified atom stereocenters. The summed E-state index contributed by atoms with van der Waals surface area (Å²) in [6, 6.07) is 4.44. The summed E-state index contributed by atoms with van der Waals surface area (Å²) in [7, 11) is 1.47. The molecule has 1 aliphatic carbocycles. The molecule has 0 radical (unpaired) electrons. The summed E-state index contributed by atoms with van der Waals surface area (Å²) in [5.74, 6) is 0.565. The molecule has 0 heterocycles. The van der Waals surface area contributed by atoms with Gasteiger partial charge < -0.3 is 10.1 Å². The van der Waals surface area contributed by atoms with Crippen LogP contribution in [-0.4, -0.2) is 19.1 Å². The van der Waals surface area contributed by atoms with Crippen LogP contribution in [0.1, 0.15) is 37.0 Å². The van der Waals surface area contributed by atoms with Crippen LogP contribution in [0.5, 0.6) is 5.75 Å². The maximum atomic E-state index is 13.8. The van der Waals surface area contributed by atoms with Crippen molar-refractivity contribution in [2.45, 2.75) is 32.7 Å². The van der Waals surface area contributed by atoms with Crippen LogP contribution in [0.15, 0.2) is 18.2 Å². The number of carbonyl (C=O) groups is 1. The molecule has 104 valence electrons.